The number of piperidine rings is 1. The van der Waals surface area contributed by atoms with Crippen LogP contribution in [0.5, 0.6) is 5.75 Å². The summed E-state index contributed by atoms with van der Waals surface area (Å²) in [5.41, 5.74) is 3.83. The van der Waals surface area contributed by atoms with Gasteiger partial charge in [-0.05, 0) is 57.2 Å². The quantitative estimate of drug-likeness (QED) is 0.423. The molecule has 2 fully saturated rings. The summed E-state index contributed by atoms with van der Waals surface area (Å²) in [6.45, 7) is 5.22. The van der Waals surface area contributed by atoms with E-state index in [2.05, 4.69) is 25.6 Å². The summed E-state index contributed by atoms with van der Waals surface area (Å²) in [6, 6.07) is 2.80. The molecule has 1 aliphatic heterocycles. The zero-order chi connectivity index (χ0) is 23.1. The molecule has 0 unspecified atom stereocenters. The van der Waals surface area contributed by atoms with E-state index in [9.17, 15) is 14.3 Å². The van der Waals surface area contributed by atoms with E-state index in [1.165, 1.54) is 12.4 Å². The van der Waals surface area contributed by atoms with Crippen molar-refractivity contribution in [2.45, 2.75) is 45.3 Å². The first-order chi connectivity index (χ1) is 15.9. The smallest absolute Gasteiger partial charge is 0.255 e. The van der Waals surface area contributed by atoms with Crippen molar-refractivity contribution in [3.8, 4) is 17.0 Å². The standard InChI is InChI=1S/C24H28FN5O3.ClH/c1-12-7-15(19(8-16(12)25)33-10-14-3-4-14)21-23-22(28-11-27-21)20(13(2)29-23)24(32)30-17-5-6-26-9-18(17)31;/h7-8,11,14,17-18,26,29,31H,3-6,9-10H2,1-2H3,(H,30,32);1H/t17-,18-;/m1./s1. The predicted octanol–water partition coefficient (Wildman–Crippen LogP) is 3.04. The maximum atomic E-state index is 14.4. The van der Waals surface area contributed by atoms with Gasteiger partial charge in [0.15, 0.2) is 0 Å². The molecular weight excluding hydrogens is 461 g/mol. The lowest BCUT2D eigenvalue weighted by Crippen LogP contribution is -2.52. The Balaban J connectivity index is 0.00000274. The highest BCUT2D eigenvalue weighted by Gasteiger charge is 2.28. The van der Waals surface area contributed by atoms with Gasteiger partial charge in [-0.15, -0.1) is 12.4 Å². The lowest BCUT2D eigenvalue weighted by Gasteiger charge is -2.29. The number of hydrogen-bond acceptors (Lipinski definition) is 6. The van der Waals surface area contributed by atoms with Crippen molar-refractivity contribution in [2.75, 3.05) is 19.7 Å². The number of fused-ring (bicyclic) bond motifs is 1. The lowest BCUT2D eigenvalue weighted by molar-refractivity contribution is 0.0766. The van der Waals surface area contributed by atoms with Crippen molar-refractivity contribution in [2.24, 2.45) is 5.92 Å². The molecule has 1 amide bonds. The number of halogens is 2. The third-order valence-electron chi connectivity index (χ3n) is 6.45. The SMILES string of the molecule is Cc1cc(-c2ncnc3c(C(=O)N[C@@H]4CCNC[C@H]4O)c(C)[nH]c23)c(OCC2CC2)cc1F.Cl. The number of aliphatic hydroxyl groups excluding tert-OH is 1. The van der Waals surface area contributed by atoms with Crippen molar-refractivity contribution < 1.29 is 19.0 Å². The van der Waals surface area contributed by atoms with Gasteiger partial charge in [0.1, 0.15) is 29.1 Å². The monoisotopic (exact) mass is 489 g/mol. The number of aromatic amines is 1. The van der Waals surface area contributed by atoms with Gasteiger partial charge < -0.3 is 25.5 Å². The summed E-state index contributed by atoms with van der Waals surface area (Å²) in [5.74, 6) is 0.315. The van der Waals surface area contributed by atoms with Gasteiger partial charge in [-0.1, -0.05) is 0 Å². The number of aliphatic hydroxyl groups is 1. The van der Waals surface area contributed by atoms with Crippen molar-refractivity contribution in [3.63, 3.8) is 0 Å². The van der Waals surface area contributed by atoms with Gasteiger partial charge >= 0.3 is 0 Å². The molecular formula is C24H29ClFN5O3. The Kier molecular flexibility index (Phi) is 7.06. The first-order valence-electron chi connectivity index (χ1n) is 11.4. The summed E-state index contributed by atoms with van der Waals surface area (Å²) < 4.78 is 20.3. The first-order valence-corrected chi connectivity index (χ1v) is 11.4. The molecule has 1 saturated heterocycles. The van der Waals surface area contributed by atoms with Gasteiger partial charge in [-0.2, -0.15) is 0 Å². The highest BCUT2D eigenvalue weighted by molar-refractivity contribution is 6.09. The van der Waals surface area contributed by atoms with E-state index >= 15 is 0 Å². The number of nitrogens with one attached hydrogen (secondary N) is 3. The molecule has 2 atom stereocenters. The largest absolute Gasteiger partial charge is 0.492 e. The number of carbonyl (C=O) groups excluding carboxylic acids is 1. The van der Waals surface area contributed by atoms with Gasteiger partial charge in [0.25, 0.3) is 5.91 Å². The average Bonchev–Trinajstić information content (AvgIpc) is 3.55. The van der Waals surface area contributed by atoms with Gasteiger partial charge in [0.2, 0.25) is 0 Å². The molecule has 8 nitrogen and oxygen atoms in total. The van der Waals surface area contributed by atoms with Crippen LogP contribution in [-0.2, 0) is 0 Å². The number of rotatable bonds is 6. The Morgan fingerprint density at radius 2 is 2.06 bits per heavy atom. The Morgan fingerprint density at radius 3 is 2.79 bits per heavy atom. The number of aromatic nitrogens is 3. The van der Waals surface area contributed by atoms with Crippen LogP contribution in [0.2, 0.25) is 0 Å². The highest BCUT2D eigenvalue weighted by Crippen LogP contribution is 2.37. The molecule has 2 aromatic heterocycles. The maximum Gasteiger partial charge on any atom is 0.255 e. The number of hydrogen-bond donors (Lipinski definition) is 4. The van der Waals surface area contributed by atoms with E-state index in [0.717, 1.165) is 19.4 Å². The lowest BCUT2D eigenvalue weighted by atomic mass is 10.0. The minimum Gasteiger partial charge on any atom is -0.492 e. The van der Waals surface area contributed by atoms with Crippen LogP contribution in [0.4, 0.5) is 4.39 Å². The number of aryl methyl sites for hydroxylation is 2. The molecule has 1 saturated carbocycles. The fraction of sp³-hybridized carbons (Fsp3) is 0.458. The minimum atomic E-state index is -0.647. The summed E-state index contributed by atoms with van der Waals surface area (Å²) in [5, 5.41) is 16.3. The fourth-order valence-corrected chi connectivity index (χ4v) is 4.31. The van der Waals surface area contributed by atoms with Crippen molar-refractivity contribution in [3.05, 3.63) is 41.1 Å². The van der Waals surface area contributed by atoms with Crippen LogP contribution in [-0.4, -0.2) is 57.8 Å². The molecule has 3 heterocycles. The Labute approximate surface area is 203 Å². The summed E-state index contributed by atoms with van der Waals surface area (Å²) in [7, 11) is 0. The number of benzene rings is 1. The average molecular weight is 490 g/mol. The molecule has 5 rings (SSSR count). The Morgan fingerprint density at radius 1 is 1.26 bits per heavy atom. The molecule has 4 N–H and O–H groups in total. The third-order valence-corrected chi connectivity index (χ3v) is 6.45. The van der Waals surface area contributed by atoms with Gasteiger partial charge in [-0.3, -0.25) is 4.79 Å². The molecule has 0 bridgehead atoms. The second kappa shape index (κ2) is 9.85. The molecule has 1 aliphatic carbocycles. The van der Waals surface area contributed by atoms with Crippen LogP contribution in [0, 0.1) is 25.6 Å². The van der Waals surface area contributed by atoms with Crippen LogP contribution in [0.3, 0.4) is 0 Å². The van der Waals surface area contributed by atoms with Gasteiger partial charge in [-0.25, -0.2) is 14.4 Å². The van der Waals surface area contributed by atoms with Crippen LogP contribution < -0.4 is 15.4 Å². The number of nitrogens with zero attached hydrogens (tertiary/aromatic N) is 2. The summed E-state index contributed by atoms with van der Waals surface area (Å²) >= 11 is 0. The molecule has 182 valence electrons. The normalized spacial score (nSPS) is 20.1. The van der Waals surface area contributed by atoms with Gasteiger partial charge in [0.05, 0.1) is 29.8 Å². The van der Waals surface area contributed by atoms with Crippen LogP contribution in [0.1, 0.15) is 40.9 Å². The number of H-pyrrole nitrogens is 1. The van der Waals surface area contributed by atoms with E-state index in [-0.39, 0.29) is 30.2 Å². The van der Waals surface area contributed by atoms with E-state index < -0.39 is 6.10 Å². The predicted molar refractivity (Wildman–Crippen MR) is 129 cm³/mol. The number of β-amino-alcohol motifs (C(OH)–C–C–N with tert-alkyl or cyclic N) is 1. The molecule has 0 spiro atoms. The highest BCUT2D eigenvalue weighted by atomic mass is 35.5. The number of amides is 1. The summed E-state index contributed by atoms with van der Waals surface area (Å²) in [4.78, 5) is 25.3. The molecule has 1 aromatic carbocycles. The van der Waals surface area contributed by atoms with E-state index in [1.54, 1.807) is 19.9 Å². The van der Waals surface area contributed by atoms with Crippen molar-refractivity contribution in [1.82, 2.24) is 25.6 Å². The number of carbonyl (C=O) groups is 1. The number of ether oxygens (including phenoxy) is 1. The third kappa shape index (κ3) is 4.73. The molecule has 0 radical (unpaired) electrons. The molecule has 10 heteroatoms. The topological polar surface area (TPSA) is 112 Å². The molecule has 2 aliphatic rings. The van der Waals surface area contributed by atoms with E-state index in [1.807, 2.05) is 0 Å². The first kappa shape index (κ1) is 24.4. The zero-order valence-electron chi connectivity index (χ0n) is 19.2. The second-order valence-electron chi connectivity index (χ2n) is 9.06. The molecule has 3 aromatic rings. The van der Waals surface area contributed by atoms with E-state index in [0.29, 0.717) is 70.4 Å². The maximum absolute atomic E-state index is 14.4. The van der Waals surface area contributed by atoms with Crippen LogP contribution in [0.25, 0.3) is 22.3 Å². The van der Waals surface area contributed by atoms with Gasteiger partial charge in [0, 0.05) is 23.9 Å². The van der Waals surface area contributed by atoms with E-state index in [4.69, 9.17) is 4.74 Å². The minimum absolute atomic E-state index is 0. The Bertz CT molecular complexity index is 1210. The second-order valence-corrected chi connectivity index (χ2v) is 9.06. The molecule has 34 heavy (non-hydrogen) atoms. The van der Waals surface area contributed by atoms with Crippen LogP contribution >= 0.6 is 12.4 Å². The summed E-state index contributed by atoms with van der Waals surface area (Å²) in [6.07, 6.45) is 3.66. The fourth-order valence-electron chi connectivity index (χ4n) is 4.31. The van der Waals surface area contributed by atoms with Crippen LogP contribution in [0.15, 0.2) is 18.5 Å². The Hall–Kier alpha value is -2.75. The van der Waals surface area contributed by atoms with Crippen molar-refractivity contribution >= 4 is 29.3 Å². The zero-order valence-corrected chi connectivity index (χ0v) is 20.0. The van der Waals surface area contributed by atoms with Crippen molar-refractivity contribution in [1.29, 1.82) is 0 Å².